The Bertz CT molecular complexity index is 546. The van der Waals surface area contributed by atoms with Crippen molar-refractivity contribution in [2.24, 2.45) is 5.92 Å². The fourth-order valence-corrected chi connectivity index (χ4v) is 4.30. The average Bonchev–Trinajstić information content (AvgIpc) is 2.64. The molecule has 6 nitrogen and oxygen atoms in total. The summed E-state index contributed by atoms with van der Waals surface area (Å²) in [6, 6.07) is 8.54. The molecule has 134 valence electrons. The first-order valence-electron chi connectivity index (χ1n) is 8.57. The molecule has 0 radical (unpaired) electrons. The summed E-state index contributed by atoms with van der Waals surface area (Å²) in [6.45, 7) is -0.628. The van der Waals surface area contributed by atoms with Gasteiger partial charge >= 0.3 is 0 Å². The molecule has 1 heterocycles. The Kier molecular flexibility index (Phi) is 4.97. The molecule has 2 aliphatic rings. The number of ether oxygens (including phenoxy) is 1. The van der Waals surface area contributed by atoms with Gasteiger partial charge in [-0.15, -0.1) is 0 Å². The van der Waals surface area contributed by atoms with Crippen molar-refractivity contribution in [2.75, 3.05) is 6.61 Å². The minimum atomic E-state index is -1.95. The summed E-state index contributed by atoms with van der Waals surface area (Å²) in [5.74, 6) is -0.371. The molecule has 1 aliphatic heterocycles. The number of hydrogen-bond donors (Lipinski definition) is 5. The monoisotopic (exact) mass is 338 g/mol. The van der Waals surface area contributed by atoms with Gasteiger partial charge in [0, 0.05) is 0 Å². The molecule has 2 fully saturated rings. The maximum atomic E-state index is 11.3. The van der Waals surface area contributed by atoms with Gasteiger partial charge in [-0.2, -0.15) is 0 Å². The van der Waals surface area contributed by atoms with Gasteiger partial charge in [-0.05, 0) is 24.3 Å². The second-order valence-corrected chi connectivity index (χ2v) is 6.99. The fourth-order valence-electron chi connectivity index (χ4n) is 4.30. The number of benzene rings is 1. The van der Waals surface area contributed by atoms with Crippen LogP contribution < -0.4 is 0 Å². The molecule has 0 unspecified atom stereocenters. The van der Waals surface area contributed by atoms with E-state index in [2.05, 4.69) is 0 Å². The Balaban J connectivity index is 2.05. The van der Waals surface area contributed by atoms with Crippen molar-refractivity contribution < 1.29 is 30.3 Å². The summed E-state index contributed by atoms with van der Waals surface area (Å²) in [6.07, 6.45) is -0.796. The molecule has 1 saturated heterocycles. The predicted molar refractivity (Wildman–Crippen MR) is 85.8 cm³/mol. The second-order valence-electron chi connectivity index (χ2n) is 6.99. The van der Waals surface area contributed by atoms with Crippen molar-refractivity contribution in [3.8, 4) is 0 Å². The molecular weight excluding hydrogens is 312 g/mol. The Morgan fingerprint density at radius 1 is 1.00 bits per heavy atom. The molecule has 1 aliphatic carbocycles. The van der Waals surface area contributed by atoms with Gasteiger partial charge in [0.05, 0.1) is 6.61 Å². The van der Waals surface area contributed by atoms with Gasteiger partial charge in [0.25, 0.3) is 0 Å². The summed E-state index contributed by atoms with van der Waals surface area (Å²) in [7, 11) is 0. The highest BCUT2D eigenvalue weighted by molar-refractivity contribution is 5.28. The lowest BCUT2D eigenvalue weighted by molar-refractivity contribution is -0.373. The summed E-state index contributed by atoms with van der Waals surface area (Å²) in [4.78, 5) is 0. The number of aliphatic hydroxyl groups excluding tert-OH is 4. The van der Waals surface area contributed by atoms with E-state index < -0.39 is 36.3 Å². The van der Waals surface area contributed by atoms with Crippen LogP contribution in [0.4, 0.5) is 0 Å². The van der Waals surface area contributed by atoms with Crippen LogP contribution in [0.25, 0.3) is 0 Å². The van der Waals surface area contributed by atoms with E-state index in [0.717, 1.165) is 19.3 Å². The van der Waals surface area contributed by atoms with E-state index in [4.69, 9.17) is 4.74 Å². The summed E-state index contributed by atoms with van der Waals surface area (Å²) in [5, 5.41) is 53.0. The Hall–Kier alpha value is -1.02. The van der Waals surface area contributed by atoms with Crippen molar-refractivity contribution in [1.82, 2.24) is 0 Å². The summed E-state index contributed by atoms with van der Waals surface area (Å²) in [5.41, 5.74) is -3.19. The largest absolute Gasteiger partial charge is 0.393 e. The number of rotatable bonds is 3. The van der Waals surface area contributed by atoms with Gasteiger partial charge in [0.1, 0.15) is 23.4 Å². The van der Waals surface area contributed by atoms with Gasteiger partial charge in [-0.25, -0.2) is 0 Å². The normalized spacial score (nSPS) is 41.3. The first kappa shape index (κ1) is 17.8. The molecule has 1 aromatic rings. The van der Waals surface area contributed by atoms with E-state index in [1.165, 1.54) is 0 Å². The first-order chi connectivity index (χ1) is 11.5. The molecule has 0 aromatic heterocycles. The van der Waals surface area contributed by atoms with Crippen molar-refractivity contribution in [3.05, 3.63) is 35.9 Å². The topological polar surface area (TPSA) is 110 Å². The highest BCUT2D eigenvalue weighted by atomic mass is 16.7. The van der Waals surface area contributed by atoms with Gasteiger partial charge in [0.2, 0.25) is 0 Å². The van der Waals surface area contributed by atoms with Gasteiger partial charge < -0.3 is 30.3 Å². The Morgan fingerprint density at radius 2 is 1.62 bits per heavy atom. The average molecular weight is 338 g/mol. The van der Waals surface area contributed by atoms with Crippen molar-refractivity contribution in [1.29, 1.82) is 0 Å². The molecule has 0 bridgehead atoms. The van der Waals surface area contributed by atoms with Crippen molar-refractivity contribution >= 4 is 0 Å². The number of aliphatic hydroxyl groups is 5. The third-order valence-corrected chi connectivity index (χ3v) is 5.71. The SMILES string of the molecule is OC[C@@]1(c2ccccc2)O[C@H](O)[C@H](O)[C@](O)(C2CCCCC2)[C@H]1O. The van der Waals surface area contributed by atoms with Crippen LogP contribution in [-0.4, -0.2) is 56.2 Å². The van der Waals surface area contributed by atoms with Crippen LogP contribution in [0.15, 0.2) is 30.3 Å². The van der Waals surface area contributed by atoms with E-state index >= 15 is 0 Å². The molecule has 3 rings (SSSR count). The minimum absolute atomic E-state index is 0.371. The quantitative estimate of drug-likeness (QED) is 0.541. The van der Waals surface area contributed by atoms with Crippen LogP contribution in [0, 0.1) is 5.92 Å². The van der Waals surface area contributed by atoms with Crippen molar-refractivity contribution in [2.45, 2.75) is 61.8 Å². The molecular formula is C18H26O6. The van der Waals surface area contributed by atoms with Gasteiger partial charge in [-0.1, -0.05) is 49.6 Å². The van der Waals surface area contributed by atoms with E-state index in [-0.39, 0.29) is 5.92 Å². The standard InChI is InChI=1S/C18H26O6/c19-11-17(12-7-3-1-4-8-12)16(22)18(23,14(20)15(21)24-17)13-9-5-2-6-10-13/h1,3-4,7-8,13-16,19-23H,2,5-6,9-11H2/t14-,15-,16-,17-,18+/m0/s1. The van der Waals surface area contributed by atoms with E-state index in [1.807, 2.05) is 0 Å². The predicted octanol–water partition coefficient (Wildman–Crippen LogP) is 0.256. The van der Waals surface area contributed by atoms with Crippen LogP contribution in [0.5, 0.6) is 0 Å². The van der Waals surface area contributed by atoms with Gasteiger partial charge in [0.15, 0.2) is 6.29 Å². The van der Waals surface area contributed by atoms with E-state index in [1.54, 1.807) is 30.3 Å². The van der Waals surface area contributed by atoms with Crippen LogP contribution in [0.2, 0.25) is 0 Å². The maximum Gasteiger partial charge on any atom is 0.185 e. The molecule has 6 heteroatoms. The van der Waals surface area contributed by atoms with Crippen LogP contribution >= 0.6 is 0 Å². The van der Waals surface area contributed by atoms with Crippen LogP contribution in [-0.2, 0) is 10.3 Å². The molecule has 24 heavy (non-hydrogen) atoms. The third kappa shape index (κ3) is 2.58. The molecule has 5 N–H and O–H groups in total. The third-order valence-electron chi connectivity index (χ3n) is 5.71. The zero-order valence-corrected chi connectivity index (χ0v) is 13.6. The Morgan fingerprint density at radius 3 is 2.21 bits per heavy atom. The number of hydrogen-bond acceptors (Lipinski definition) is 6. The maximum absolute atomic E-state index is 11.3. The summed E-state index contributed by atoms with van der Waals surface area (Å²) >= 11 is 0. The van der Waals surface area contributed by atoms with Crippen molar-refractivity contribution in [3.63, 3.8) is 0 Å². The smallest absolute Gasteiger partial charge is 0.185 e. The summed E-state index contributed by atoms with van der Waals surface area (Å²) < 4.78 is 5.47. The second kappa shape index (κ2) is 6.71. The molecule has 5 atom stereocenters. The van der Waals surface area contributed by atoms with E-state index in [0.29, 0.717) is 18.4 Å². The highest BCUT2D eigenvalue weighted by Crippen LogP contribution is 2.48. The fraction of sp³-hybridized carbons (Fsp3) is 0.667. The molecule has 0 amide bonds. The van der Waals surface area contributed by atoms with Gasteiger partial charge in [-0.3, -0.25) is 0 Å². The Labute approximate surface area is 141 Å². The molecule has 1 aromatic carbocycles. The first-order valence-corrected chi connectivity index (χ1v) is 8.57. The van der Waals surface area contributed by atoms with Crippen LogP contribution in [0.3, 0.4) is 0 Å². The lowest BCUT2D eigenvalue weighted by atomic mass is 9.64. The molecule has 0 spiro atoms. The van der Waals surface area contributed by atoms with Crippen LogP contribution in [0.1, 0.15) is 37.7 Å². The minimum Gasteiger partial charge on any atom is -0.393 e. The van der Waals surface area contributed by atoms with E-state index in [9.17, 15) is 25.5 Å². The highest BCUT2D eigenvalue weighted by Gasteiger charge is 2.64. The lowest BCUT2D eigenvalue weighted by Gasteiger charge is -2.56. The zero-order chi connectivity index (χ0) is 17.4. The molecule has 1 saturated carbocycles. The zero-order valence-electron chi connectivity index (χ0n) is 13.6. The lowest BCUT2D eigenvalue weighted by Crippen LogP contribution is -2.73.